The van der Waals surface area contributed by atoms with Gasteiger partial charge in [0.05, 0.1) is 11.6 Å². The van der Waals surface area contributed by atoms with E-state index in [0.717, 1.165) is 12.6 Å². The van der Waals surface area contributed by atoms with Gasteiger partial charge in [-0.3, -0.25) is 4.90 Å². The van der Waals surface area contributed by atoms with Gasteiger partial charge in [0.1, 0.15) is 0 Å². The standard InChI is InChI=1S/C13H28N2O/c1-10(2)8-15(12-6-7-12)13(4,9-14)11(3)16-5/h10-12H,6-9,14H2,1-5H3. The second kappa shape index (κ2) is 5.48. The normalized spacial score (nSPS) is 22.5. The molecule has 0 aromatic rings. The molecule has 1 saturated carbocycles. The fraction of sp³-hybridized carbons (Fsp3) is 1.00. The second-order valence-electron chi connectivity index (χ2n) is 5.72. The summed E-state index contributed by atoms with van der Waals surface area (Å²) in [5.74, 6) is 0.676. The quantitative estimate of drug-likeness (QED) is 0.723. The highest BCUT2D eigenvalue weighted by Gasteiger charge is 2.43. The summed E-state index contributed by atoms with van der Waals surface area (Å²) in [6.07, 6.45) is 2.81. The van der Waals surface area contributed by atoms with Crippen LogP contribution < -0.4 is 5.73 Å². The van der Waals surface area contributed by atoms with Crippen molar-refractivity contribution in [1.29, 1.82) is 0 Å². The summed E-state index contributed by atoms with van der Waals surface area (Å²) in [5.41, 5.74) is 5.98. The highest BCUT2D eigenvalue weighted by Crippen LogP contribution is 2.35. The first-order valence-electron chi connectivity index (χ1n) is 6.45. The smallest absolute Gasteiger partial charge is 0.0736 e. The molecule has 0 aliphatic heterocycles. The van der Waals surface area contributed by atoms with Crippen LogP contribution in [0.3, 0.4) is 0 Å². The number of ether oxygens (including phenoxy) is 1. The molecule has 2 atom stereocenters. The number of rotatable bonds is 7. The number of methoxy groups -OCH3 is 1. The Balaban J connectivity index is 2.79. The van der Waals surface area contributed by atoms with Crippen LogP contribution in [0.4, 0.5) is 0 Å². The van der Waals surface area contributed by atoms with Gasteiger partial charge in [0.2, 0.25) is 0 Å². The zero-order chi connectivity index (χ0) is 12.3. The van der Waals surface area contributed by atoms with Crippen LogP contribution in [0.5, 0.6) is 0 Å². The van der Waals surface area contributed by atoms with E-state index in [9.17, 15) is 0 Å². The lowest BCUT2D eigenvalue weighted by molar-refractivity contribution is -0.0401. The van der Waals surface area contributed by atoms with E-state index in [-0.39, 0.29) is 11.6 Å². The maximum atomic E-state index is 6.00. The van der Waals surface area contributed by atoms with Crippen LogP contribution in [0.1, 0.15) is 40.5 Å². The molecule has 1 aliphatic rings. The second-order valence-corrected chi connectivity index (χ2v) is 5.72. The molecule has 96 valence electrons. The van der Waals surface area contributed by atoms with E-state index >= 15 is 0 Å². The van der Waals surface area contributed by atoms with Gasteiger partial charge in [0.25, 0.3) is 0 Å². The maximum absolute atomic E-state index is 6.00. The van der Waals surface area contributed by atoms with Crippen molar-refractivity contribution in [1.82, 2.24) is 4.90 Å². The van der Waals surface area contributed by atoms with Crippen molar-refractivity contribution in [3.05, 3.63) is 0 Å². The molecule has 0 spiro atoms. The summed E-state index contributed by atoms with van der Waals surface area (Å²) in [6.45, 7) is 10.7. The minimum atomic E-state index is -0.0276. The summed E-state index contributed by atoms with van der Waals surface area (Å²) in [4.78, 5) is 2.58. The predicted molar refractivity (Wildman–Crippen MR) is 68.5 cm³/mol. The Morgan fingerprint density at radius 3 is 2.25 bits per heavy atom. The Bertz CT molecular complexity index is 216. The largest absolute Gasteiger partial charge is 0.380 e. The molecule has 3 heteroatoms. The molecular formula is C13H28N2O. The fourth-order valence-electron chi connectivity index (χ4n) is 2.32. The third kappa shape index (κ3) is 2.96. The van der Waals surface area contributed by atoms with Gasteiger partial charge in [-0.05, 0) is 32.6 Å². The first-order chi connectivity index (χ1) is 7.45. The zero-order valence-corrected chi connectivity index (χ0v) is 11.5. The van der Waals surface area contributed by atoms with Crippen LogP contribution in [-0.4, -0.2) is 42.8 Å². The Kier molecular flexibility index (Phi) is 4.77. The van der Waals surface area contributed by atoms with E-state index in [0.29, 0.717) is 12.5 Å². The van der Waals surface area contributed by atoms with E-state index in [1.165, 1.54) is 12.8 Å². The van der Waals surface area contributed by atoms with Gasteiger partial charge in [-0.25, -0.2) is 0 Å². The summed E-state index contributed by atoms with van der Waals surface area (Å²) >= 11 is 0. The van der Waals surface area contributed by atoms with E-state index in [1.54, 1.807) is 7.11 Å². The molecule has 0 amide bonds. The van der Waals surface area contributed by atoms with Gasteiger partial charge >= 0.3 is 0 Å². The summed E-state index contributed by atoms with van der Waals surface area (Å²) < 4.78 is 5.53. The molecule has 0 aromatic heterocycles. The fourth-order valence-corrected chi connectivity index (χ4v) is 2.32. The van der Waals surface area contributed by atoms with Gasteiger partial charge in [-0.15, -0.1) is 0 Å². The molecule has 16 heavy (non-hydrogen) atoms. The molecule has 3 nitrogen and oxygen atoms in total. The van der Waals surface area contributed by atoms with Crippen LogP contribution in [0.15, 0.2) is 0 Å². The molecule has 1 aliphatic carbocycles. The highest BCUT2D eigenvalue weighted by atomic mass is 16.5. The molecule has 0 saturated heterocycles. The SMILES string of the molecule is COC(C)C(C)(CN)N(CC(C)C)C1CC1. The summed E-state index contributed by atoms with van der Waals surface area (Å²) in [7, 11) is 1.78. The van der Waals surface area contributed by atoms with Crippen molar-refractivity contribution >= 4 is 0 Å². The van der Waals surface area contributed by atoms with Gasteiger partial charge in [-0.1, -0.05) is 13.8 Å². The van der Waals surface area contributed by atoms with Crippen LogP contribution in [0.2, 0.25) is 0 Å². The van der Waals surface area contributed by atoms with Gasteiger partial charge < -0.3 is 10.5 Å². The first-order valence-corrected chi connectivity index (χ1v) is 6.45. The maximum Gasteiger partial charge on any atom is 0.0736 e. The van der Waals surface area contributed by atoms with Gasteiger partial charge in [-0.2, -0.15) is 0 Å². The minimum absolute atomic E-state index is 0.0276. The lowest BCUT2D eigenvalue weighted by atomic mass is 9.92. The molecule has 2 N–H and O–H groups in total. The van der Waals surface area contributed by atoms with Crippen LogP contribution >= 0.6 is 0 Å². The molecule has 0 heterocycles. The highest BCUT2D eigenvalue weighted by molar-refractivity contribution is 5.00. The summed E-state index contributed by atoms with van der Waals surface area (Å²) in [5, 5.41) is 0. The van der Waals surface area contributed by atoms with E-state index in [4.69, 9.17) is 10.5 Å². The predicted octanol–water partition coefficient (Wildman–Crippen LogP) is 1.86. The number of hydrogen-bond donors (Lipinski definition) is 1. The van der Waals surface area contributed by atoms with E-state index < -0.39 is 0 Å². The molecule has 1 rings (SSSR count). The van der Waals surface area contributed by atoms with E-state index in [1.807, 2.05) is 0 Å². The lowest BCUT2D eigenvalue weighted by Gasteiger charge is -2.45. The van der Waals surface area contributed by atoms with Crippen molar-refractivity contribution in [2.24, 2.45) is 11.7 Å². The first kappa shape index (κ1) is 13.9. The number of nitrogens with zero attached hydrogens (tertiary/aromatic N) is 1. The Morgan fingerprint density at radius 1 is 1.38 bits per heavy atom. The van der Waals surface area contributed by atoms with Crippen LogP contribution in [0.25, 0.3) is 0 Å². The molecule has 0 aromatic carbocycles. The van der Waals surface area contributed by atoms with Crippen molar-refractivity contribution in [2.45, 2.75) is 58.2 Å². The third-order valence-corrected chi connectivity index (χ3v) is 3.85. The molecule has 0 bridgehead atoms. The Morgan fingerprint density at radius 2 is 1.94 bits per heavy atom. The number of hydrogen-bond acceptors (Lipinski definition) is 3. The van der Waals surface area contributed by atoms with Crippen molar-refractivity contribution in [2.75, 3.05) is 20.2 Å². The minimum Gasteiger partial charge on any atom is -0.380 e. The molecule has 1 fully saturated rings. The monoisotopic (exact) mass is 228 g/mol. The van der Waals surface area contributed by atoms with Gasteiger partial charge in [0, 0.05) is 26.2 Å². The third-order valence-electron chi connectivity index (χ3n) is 3.85. The average Bonchev–Trinajstić information content (AvgIpc) is 3.07. The number of nitrogens with two attached hydrogens (primary N) is 1. The van der Waals surface area contributed by atoms with Crippen molar-refractivity contribution in [3.8, 4) is 0 Å². The molecule has 2 unspecified atom stereocenters. The van der Waals surface area contributed by atoms with Crippen molar-refractivity contribution in [3.63, 3.8) is 0 Å². The molecular weight excluding hydrogens is 200 g/mol. The Hall–Kier alpha value is -0.120. The van der Waals surface area contributed by atoms with Crippen LogP contribution in [0, 0.1) is 5.92 Å². The van der Waals surface area contributed by atoms with Gasteiger partial charge in [0.15, 0.2) is 0 Å². The molecule has 0 radical (unpaired) electrons. The van der Waals surface area contributed by atoms with E-state index in [2.05, 4.69) is 32.6 Å². The lowest BCUT2D eigenvalue weighted by Crippen LogP contribution is -2.60. The average molecular weight is 228 g/mol. The summed E-state index contributed by atoms with van der Waals surface area (Å²) in [6, 6.07) is 0.730. The zero-order valence-electron chi connectivity index (χ0n) is 11.5. The van der Waals surface area contributed by atoms with Crippen LogP contribution in [-0.2, 0) is 4.74 Å². The topological polar surface area (TPSA) is 38.5 Å². The van der Waals surface area contributed by atoms with Crippen molar-refractivity contribution < 1.29 is 4.74 Å². The Labute approximate surface area is 100 Å².